The minimum Gasteiger partial charge on any atom is -0.507 e. The minimum absolute atomic E-state index is 0.0454. The molecule has 10 nitrogen and oxygen atoms in total. The lowest BCUT2D eigenvalue weighted by Gasteiger charge is -2.15. The summed E-state index contributed by atoms with van der Waals surface area (Å²) in [4.78, 5) is 4.45. The number of aliphatic hydroxyl groups is 1. The van der Waals surface area contributed by atoms with Crippen LogP contribution in [0.5, 0.6) is 5.75 Å². The van der Waals surface area contributed by atoms with E-state index in [0.29, 0.717) is 30.8 Å². The van der Waals surface area contributed by atoms with Gasteiger partial charge in [0.15, 0.2) is 0 Å². The zero-order valence-corrected chi connectivity index (χ0v) is 18.5. The first-order valence-electron chi connectivity index (χ1n) is 10.4. The Kier molecular flexibility index (Phi) is 6.71. The Morgan fingerprint density at radius 1 is 1.24 bits per heavy atom. The number of fused-ring (bicyclic) bond motifs is 1. The molecule has 1 aliphatic carbocycles. The van der Waals surface area contributed by atoms with Gasteiger partial charge in [0.2, 0.25) is 15.8 Å². The number of sulfonamides is 1. The number of aromatic hydroxyl groups is 1. The number of phenols is 1. The van der Waals surface area contributed by atoms with Crippen molar-refractivity contribution in [1.82, 2.24) is 20.2 Å². The molecule has 1 unspecified atom stereocenters. The Morgan fingerprint density at radius 3 is 2.88 bits per heavy atom. The lowest BCUT2D eigenvalue weighted by atomic mass is 10.0. The fourth-order valence-electron chi connectivity index (χ4n) is 3.88. The molecule has 0 radical (unpaired) electrons. The monoisotopic (exact) mass is 469 g/mol. The lowest BCUT2D eigenvalue weighted by Crippen LogP contribution is -2.34. The summed E-state index contributed by atoms with van der Waals surface area (Å²) in [7, 11) is -3.50. The summed E-state index contributed by atoms with van der Waals surface area (Å²) in [5.74, 6) is 0.374. The smallest absolute Gasteiger partial charge is 0.258 e. The molecule has 3 aromatic rings. The number of rotatable bonds is 9. The van der Waals surface area contributed by atoms with Gasteiger partial charge in [-0.3, -0.25) is 0 Å². The maximum absolute atomic E-state index is 12.5. The molecular weight excluding hydrogens is 446 g/mol. The van der Waals surface area contributed by atoms with E-state index in [9.17, 15) is 13.5 Å². The van der Waals surface area contributed by atoms with Crippen LogP contribution in [0.1, 0.15) is 29.2 Å². The number of benzene rings is 2. The van der Waals surface area contributed by atoms with Gasteiger partial charge in [-0.25, -0.2) is 13.1 Å². The zero-order chi connectivity index (χ0) is 23.4. The quantitative estimate of drug-likeness (QED) is 0.340. The van der Waals surface area contributed by atoms with E-state index in [1.165, 1.54) is 12.1 Å². The van der Waals surface area contributed by atoms with Crippen molar-refractivity contribution >= 4 is 10.0 Å². The molecule has 1 aromatic heterocycles. The summed E-state index contributed by atoms with van der Waals surface area (Å²) in [6.45, 7) is 0.558. The molecule has 0 amide bonds. The molecule has 1 atom stereocenters. The highest BCUT2D eigenvalue weighted by atomic mass is 32.2. The average molecular weight is 470 g/mol. The average Bonchev–Trinajstić information content (AvgIpc) is 3.45. The fourth-order valence-corrected chi connectivity index (χ4v) is 5.09. The molecule has 1 heterocycles. The molecular formula is C22H23N5O5S. The molecule has 0 spiro atoms. The first-order chi connectivity index (χ1) is 15.9. The third-order valence-corrected chi connectivity index (χ3v) is 6.84. The van der Waals surface area contributed by atoms with Gasteiger partial charge >= 0.3 is 0 Å². The summed E-state index contributed by atoms with van der Waals surface area (Å²) in [5, 5.41) is 34.5. The van der Waals surface area contributed by atoms with Crippen molar-refractivity contribution in [2.24, 2.45) is 0 Å². The number of hydrogen-bond donors (Lipinski definition) is 4. The van der Waals surface area contributed by atoms with Crippen molar-refractivity contribution in [2.45, 2.75) is 18.9 Å². The van der Waals surface area contributed by atoms with Crippen LogP contribution in [0.4, 0.5) is 0 Å². The Hall–Kier alpha value is -3.30. The molecule has 1 aliphatic rings. The van der Waals surface area contributed by atoms with E-state index in [2.05, 4.69) is 20.2 Å². The van der Waals surface area contributed by atoms with E-state index in [4.69, 9.17) is 14.9 Å². The van der Waals surface area contributed by atoms with Crippen LogP contribution in [-0.2, 0) is 16.4 Å². The molecule has 33 heavy (non-hydrogen) atoms. The van der Waals surface area contributed by atoms with Crippen LogP contribution in [0.2, 0.25) is 0 Å². The predicted molar refractivity (Wildman–Crippen MR) is 119 cm³/mol. The number of nitrogens with one attached hydrogen (secondary N) is 2. The second kappa shape index (κ2) is 9.68. The molecule has 4 rings (SSSR count). The minimum atomic E-state index is -3.50. The Morgan fingerprint density at radius 2 is 2.09 bits per heavy atom. The van der Waals surface area contributed by atoms with E-state index >= 15 is 0 Å². The highest BCUT2D eigenvalue weighted by Crippen LogP contribution is 2.38. The molecule has 4 N–H and O–H groups in total. The van der Waals surface area contributed by atoms with Gasteiger partial charge < -0.3 is 20.1 Å². The molecule has 0 saturated heterocycles. The summed E-state index contributed by atoms with van der Waals surface area (Å²) in [5.41, 5.74) is 3.21. The van der Waals surface area contributed by atoms with Crippen LogP contribution in [0, 0.1) is 11.3 Å². The molecule has 0 saturated carbocycles. The highest BCUT2D eigenvalue weighted by Gasteiger charge is 2.29. The van der Waals surface area contributed by atoms with Crippen LogP contribution in [0.15, 0.2) is 40.9 Å². The first kappa shape index (κ1) is 22.9. The van der Waals surface area contributed by atoms with E-state index in [0.717, 1.165) is 16.7 Å². The van der Waals surface area contributed by atoms with Gasteiger partial charge in [0.1, 0.15) is 11.8 Å². The Labute approximate surface area is 190 Å². The van der Waals surface area contributed by atoms with Crippen LogP contribution in [0.25, 0.3) is 22.8 Å². The number of nitriles is 1. The van der Waals surface area contributed by atoms with Gasteiger partial charge in [-0.2, -0.15) is 10.2 Å². The Bertz CT molecular complexity index is 1300. The number of phenolic OH excluding ortho intramolecular Hbond substituents is 1. The fraction of sp³-hybridized carbons (Fsp3) is 0.318. The van der Waals surface area contributed by atoms with Crippen molar-refractivity contribution in [1.29, 1.82) is 5.26 Å². The topological polar surface area (TPSA) is 161 Å². The largest absolute Gasteiger partial charge is 0.507 e. The number of hydrogen-bond acceptors (Lipinski definition) is 9. The summed E-state index contributed by atoms with van der Waals surface area (Å²) in [6, 6.07) is 11.6. The van der Waals surface area contributed by atoms with Crippen LogP contribution in [-0.4, -0.2) is 54.2 Å². The molecule has 172 valence electrons. The van der Waals surface area contributed by atoms with E-state index in [-0.39, 0.29) is 42.2 Å². The van der Waals surface area contributed by atoms with Gasteiger partial charge in [-0.1, -0.05) is 23.4 Å². The van der Waals surface area contributed by atoms with E-state index < -0.39 is 10.0 Å². The van der Waals surface area contributed by atoms with Crippen LogP contribution in [0.3, 0.4) is 0 Å². The van der Waals surface area contributed by atoms with Crippen molar-refractivity contribution in [3.8, 4) is 34.7 Å². The van der Waals surface area contributed by atoms with Gasteiger partial charge in [0.25, 0.3) is 5.89 Å². The van der Waals surface area contributed by atoms with Gasteiger partial charge in [0.05, 0.1) is 17.9 Å². The summed E-state index contributed by atoms with van der Waals surface area (Å²) < 4.78 is 33.1. The van der Waals surface area contributed by atoms with Gasteiger partial charge in [-0.15, -0.1) is 0 Å². The molecule has 11 heteroatoms. The van der Waals surface area contributed by atoms with E-state index in [1.807, 2.05) is 24.3 Å². The van der Waals surface area contributed by atoms with E-state index in [1.54, 1.807) is 6.07 Å². The van der Waals surface area contributed by atoms with Crippen molar-refractivity contribution in [3.05, 3.63) is 53.1 Å². The first-order valence-corrected chi connectivity index (χ1v) is 12.1. The maximum atomic E-state index is 12.5. The summed E-state index contributed by atoms with van der Waals surface area (Å²) in [6.07, 6.45) is 1.27. The predicted octanol–water partition coefficient (Wildman–Crippen LogP) is 1.47. The normalized spacial score (nSPS) is 15.3. The Balaban J connectivity index is 1.55. The van der Waals surface area contributed by atoms with Gasteiger partial charge in [0, 0.05) is 30.3 Å². The lowest BCUT2D eigenvalue weighted by molar-refractivity contribution is 0.293. The second-order valence-corrected chi connectivity index (χ2v) is 9.52. The third-order valence-electron chi connectivity index (χ3n) is 5.46. The second-order valence-electron chi connectivity index (χ2n) is 7.64. The standard InChI is InChI=1S/C22H23N5O5S/c23-13-15-12-14(4-7-20(15)29)22-25-21(26-32-22)18-3-1-2-17-16(18)5-6-19(17)27-33(30,31)11-9-24-8-10-28/h1-4,7,12,19,24,27-29H,5-6,8-11H2. The molecule has 0 bridgehead atoms. The number of aromatic nitrogens is 2. The number of aliphatic hydroxyl groups excluding tert-OH is 1. The number of nitrogens with zero attached hydrogens (tertiary/aromatic N) is 3. The SMILES string of the molecule is N#Cc1cc(-c2nc(-c3cccc4c3CCC4NS(=O)(=O)CCNCCO)no2)ccc1O. The van der Waals surface area contributed by atoms with Crippen molar-refractivity contribution in [3.63, 3.8) is 0 Å². The summed E-state index contributed by atoms with van der Waals surface area (Å²) >= 11 is 0. The van der Waals surface area contributed by atoms with Gasteiger partial charge in [-0.05, 0) is 42.2 Å². The molecule has 0 aliphatic heterocycles. The van der Waals surface area contributed by atoms with Crippen molar-refractivity contribution < 1.29 is 23.2 Å². The van der Waals surface area contributed by atoms with Crippen molar-refractivity contribution in [2.75, 3.05) is 25.4 Å². The highest BCUT2D eigenvalue weighted by molar-refractivity contribution is 7.89. The van der Waals surface area contributed by atoms with Crippen LogP contribution < -0.4 is 10.0 Å². The molecule has 2 aromatic carbocycles. The maximum Gasteiger partial charge on any atom is 0.258 e. The van der Waals surface area contributed by atoms with Crippen LogP contribution >= 0.6 is 0 Å². The molecule has 0 fully saturated rings. The zero-order valence-electron chi connectivity index (χ0n) is 17.7. The third kappa shape index (κ3) is 5.04.